The first-order chi connectivity index (χ1) is 16.9. The molecule has 9 heteroatoms. The van der Waals surface area contributed by atoms with Gasteiger partial charge in [-0.05, 0) is 48.7 Å². The maximum atomic E-state index is 13.0. The first kappa shape index (κ1) is 25.2. The van der Waals surface area contributed by atoms with Gasteiger partial charge in [0.2, 0.25) is 5.88 Å². The van der Waals surface area contributed by atoms with Gasteiger partial charge in [0.1, 0.15) is 28.8 Å². The van der Waals surface area contributed by atoms with E-state index in [-0.39, 0.29) is 23.6 Å². The van der Waals surface area contributed by atoms with E-state index in [0.29, 0.717) is 40.7 Å². The van der Waals surface area contributed by atoms with Crippen LogP contribution in [0.15, 0.2) is 46.2 Å². The molecule has 0 amide bonds. The maximum absolute atomic E-state index is 13.0. The first-order valence-corrected chi connectivity index (χ1v) is 10.7. The number of benzene rings is 2. The lowest BCUT2D eigenvalue weighted by molar-refractivity contribution is 0.354. The summed E-state index contributed by atoms with van der Waals surface area (Å²) in [5.41, 5.74) is 1.30. The number of ether oxygens (including phenoxy) is 4. The zero-order chi connectivity index (χ0) is 25.5. The van der Waals surface area contributed by atoms with Crippen LogP contribution in [0.1, 0.15) is 22.3 Å². The third-order valence-electron chi connectivity index (χ3n) is 5.64. The van der Waals surface area contributed by atoms with Crippen LogP contribution in [0.5, 0.6) is 28.9 Å². The van der Waals surface area contributed by atoms with Crippen molar-refractivity contribution >= 4 is 11.9 Å². The summed E-state index contributed by atoms with van der Waals surface area (Å²) >= 11 is 0. The van der Waals surface area contributed by atoms with Gasteiger partial charge in [0.05, 0.1) is 34.0 Å². The molecule has 1 aromatic heterocycles. The predicted octanol–water partition coefficient (Wildman–Crippen LogP) is 3.76. The van der Waals surface area contributed by atoms with E-state index in [9.17, 15) is 15.2 Å². The molecule has 0 aliphatic carbocycles. The molecule has 0 spiro atoms. The lowest BCUT2D eigenvalue weighted by atomic mass is 10.1. The number of aliphatic imine (C=N–C) groups is 1. The fraction of sp³-hybridized carbons (Fsp3) is 0.269. The lowest BCUT2D eigenvalue weighted by Gasteiger charge is -2.15. The Bertz CT molecular complexity index is 1350. The normalized spacial score (nSPS) is 10.7. The Kier molecular flexibility index (Phi) is 8.00. The Balaban J connectivity index is 2.02. The second-order valence-electron chi connectivity index (χ2n) is 7.54. The Hall–Kier alpha value is -4.45. The summed E-state index contributed by atoms with van der Waals surface area (Å²) in [6, 6.07) is 12.5. The van der Waals surface area contributed by atoms with E-state index in [1.165, 1.54) is 17.9 Å². The summed E-state index contributed by atoms with van der Waals surface area (Å²) in [5, 5.41) is 20.6. The van der Waals surface area contributed by atoms with Gasteiger partial charge in [0.15, 0.2) is 11.5 Å². The van der Waals surface area contributed by atoms with Gasteiger partial charge in [-0.25, -0.2) is 0 Å². The average molecular weight is 478 g/mol. The molecule has 9 nitrogen and oxygen atoms in total. The quantitative estimate of drug-likeness (QED) is 0.467. The average Bonchev–Trinajstić information content (AvgIpc) is 2.88. The number of nitrogens with zero attached hydrogens (tertiary/aromatic N) is 3. The molecule has 2 aromatic carbocycles. The molecular formula is C26H27N3O6. The SMILES string of the molecule is COc1ccc(OC)c(N=Cc2c(C)c(C#N)c(=O)n(CCc3ccc(OC)c(OC)c3)c2O)c1. The van der Waals surface area contributed by atoms with Crippen molar-refractivity contribution in [2.75, 3.05) is 28.4 Å². The van der Waals surface area contributed by atoms with Crippen molar-refractivity contribution in [1.82, 2.24) is 4.57 Å². The summed E-state index contributed by atoms with van der Waals surface area (Å²) in [6.45, 7) is 1.74. The van der Waals surface area contributed by atoms with E-state index in [2.05, 4.69) is 4.99 Å². The highest BCUT2D eigenvalue weighted by atomic mass is 16.5. The zero-order valence-corrected chi connectivity index (χ0v) is 20.3. The van der Waals surface area contributed by atoms with Crippen LogP contribution < -0.4 is 24.5 Å². The number of methoxy groups -OCH3 is 4. The number of aromatic hydroxyl groups is 1. The Morgan fingerprint density at radius 1 is 1.00 bits per heavy atom. The zero-order valence-electron chi connectivity index (χ0n) is 20.3. The number of nitriles is 1. The van der Waals surface area contributed by atoms with E-state index >= 15 is 0 Å². The third-order valence-corrected chi connectivity index (χ3v) is 5.64. The van der Waals surface area contributed by atoms with E-state index in [4.69, 9.17) is 18.9 Å². The van der Waals surface area contributed by atoms with E-state index in [1.807, 2.05) is 12.1 Å². The summed E-state index contributed by atoms with van der Waals surface area (Å²) < 4.78 is 22.4. The smallest absolute Gasteiger partial charge is 0.271 e. The van der Waals surface area contributed by atoms with Crippen LogP contribution >= 0.6 is 0 Å². The third kappa shape index (κ3) is 5.22. The van der Waals surface area contributed by atoms with Crippen molar-refractivity contribution in [3.63, 3.8) is 0 Å². The minimum Gasteiger partial charge on any atom is -0.497 e. The second kappa shape index (κ2) is 11.1. The maximum Gasteiger partial charge on any atom is 0.271 e. The summed E-state index contributed by atoms with van der Waals surface area (Å²) in [5.74, 6) is 1.95. The monoisotopic (exact) mass is 477 g/mol. The fourth-order valence-electron chi connectivity index (χ4n) is 3.64. The lowest BCUT2D eigenvalue weighted by Crippen LogP contribution is -2.26. The number of rotatable bonds is 9. The van der Waals surface area contributed by atoms with Crippen LogP contribution in [0, 0.1) is 18.3 Å². The minimum atomic E-state index is -0.570. The van der Waals surface area contributed by atoms with Crippen molar-refractivity contribution in [2.24, 2.45) is 4.99 Å². The van der Waals surface area contributed by atoms with Crippen molar-refractivity contribution in [2.45, 2.75) is 19.9 Å². The Labute approximate surface area is 203 Å². The predicted molar refractivity (Wildman–Crippen MR) is 132 cm³/mol. The number of hydrogen-bond donors (Lipinski definition) is 1. The van der Waals surface area contributed by atoms with Gasteiger partial charge >= 0.3 is 0 Å². The summed E-state index contributed by atoms with van der Waals surface area (Å²) in [7, 11) is 6.15. The molecule has 1 heterocycles. The molecule has 3 rings (SSSR count). The van der Waals surface area contributed by atoms with Gasteiger partial charge in [-0.3, -0.25) is 14.4 Å². The highest BCUT2D eigenvalue weighted by molar-refractivity contribution is 5.88. The molecule has 3 aromatic rings. The standard InChI is InChI=1S/C26H27N3O6/c1-16-19(14-27)25(30)29(11-10-17-6-8-23(34-4)24(12-17)35-5)26(31)20(16)15-28-21-13-18(32-2)7-9-22(21)33-3/h6-9,12-13,15,31H,10-11H2,1-5H3. The molecule has 0 saturated heterocycles. The highest BCUT2D eigenvalue weighted by Crippen LogP contribution is 2.32. The number of hydrogen-bond acceptors (Lipinski definition) is 8. The van der Waals surface area contributed by atoms with Crippen LogP contribution in [0.3, 0.4) is 0 Å². The largest absolute Gasteiger partial charge is 0.497 e. The topological polar surface area (TPSA) is 115 Å². The molecule has 0 saturated carbocycles. The molecule has 0 bridgehead atoms. The van der Waals surface area contributed by atoms with Crippen LogP contribution in [-0.2, 0) is 13.0 Å². The number of aryl methyl sites for hydroxylation is 1. The van der Waals surface area contributed by atoms with E-state index in [0.717, 1.165) is 5.56 Å². The molecule has 0 radical (unpaired) electrons. The summed E-state index contributed by atoms with van der Waals surface area (Å²) in [6.07, 6.45) is 1.82. The van der Waals surface area contributed by atoms with Crippen LogP contribution in [0.4, 0.5) is 5.69 Å². The van der Waals surface area contributed by atoms with E-state index in [1.54, 1.807) is 58.6 Å². The molecule has 0 aliphatic rings. The minimum absolute atomic E-state index is 0.0610. The van der Waals surface area contributed by atoms with Crippen molar-refractivity contribution in [3.8, 4) is 34.9 Å². The molecule has 35 heavy (non-hydrogen) atoms. The Morgan fingerprint density at radius 3 is 2.31 bits per heavy atom. The van der Waals surface area contributed by atoms with Crippen LogP contribution in [-0.4, -0.2) is 44.3 Å². The fourth-order valence-corrected chi connectivity index (χ4v) is 3.64. The van der Waals surface area contributed by atoms with Crippen molar-refractivity contribution in [1.29, 1.82) is 5.26 Å². The van der Waals surface area contributed by atoms with Crippen LogP contribution in [0.2, 0.25) is 0 Å². The molecule has 0 fully saturated rings. The molecule has 0 atom stereocenters. The van der Waals surface area contributed by atoms with Crippen molar-refractivity contribution < 1.29 is 24.1 Å². The highest BCUT2D eigenvalue weighted by Gasteiger charge is 2.18. The summed E-state index contributed by atoms with van der Waals surface area (Å²) in [4.78, 5) is 17.4. The van der Waals surface area contributed by atoms with Gasteiger partial charge in [0, 0.05) is 18.8 Å². The van der Waals surface area contributed by atoms with E-state index < -0.39 is 5.56 Å². The van der Waals surface area contributed by atoms with Gasteiger partial charge in [-0.1, -0.05) is 6.07 Å². The number of aromatic nitrogens is 1. The van der Waals surface area contributed by atoms with Gasteiger partial charge < -0.3 is 24.1 Å². The number of pyridine rings is 1. The molecule has 1 N–H and O–H groups in total. The Morgan fingerprint density at radius 2 is 1.69 bits per heavy atom. The molecular weight excluding hydrogens is 450 g/mol. The molecule has 0 aliphatic heterocycles. The van der Waals surface area contributed by atoms with Crippen molar-refractivity contribution in [3.05, 3.63) is 69.0 Å². The van der Waals surface area contributed by atoms with Gasteiger partial charge in [0.25, 0.3) is 5.56 Å². The first-order valence-electron chi connectivity index (χ1n) is 10.7. The van der Waals surface area contributed by atoms with Gasteiger partial charge in [-0.2, -0.15) is 5.26 Å². The molecule has 182 valence electrons. The second-order valence-corrected chi connectivity index (χ2v) is 7.54. The molecule has 0 unspecified atom stereocenters. The van der Waals surface area contributed by atoms with Crippen LogP contribution in [0.25, 0.3) is 0 Å². The van der Waals surface area contributed by atoms with Gasteiger partial charge in [-0.15, -0.1) is 0 Å².